The highest BCUT2D eigenvalue weighted by atomic mass is 19.1. The second-order valence-electron chi connectivity index (χ2n) is 9.68. The molecule has 4 heterocycles. The van der Waals surface area contributed by atoms with Crippen LogP contribution in [0.2, 0.25) is 0 Å². The third-order valence-corrected chi connectivity index (χ3v) is 7.26. The van der Waals surface area contributed by atoms with Crippen LogP contribution < -0.4 is 10.6 Å². The largest absolute Gasteiger partial charge is 0.389 e. The highest BCUT2D eigenvalue weighted by molar-refractivity contribution is 6.16. The van der Waals surface area contributed by atoms with Gasteiger partial charge in [0.25, 0.3) is 0 Å². The molecule has 5 aliphatic rings. The zero-order valence-electron chi connectivity index (χ0n) is 19.8. The van der Waals surface area contributed by atoms with Gasteiger partial charge in [0.15, 0.2) is 0 Å². The monoisotopic (exact) mass is 468 g/mol. The van der Waals surface area contributed by atoms with E-state index in [-0.39, 0.29) is 24.2 Å². The van der Waals surface area contributed by atoms with Crippen LogP contribution in [0.5, 0.6) is 0 Å². The van der Waals surface area contributed by atoms with Gasteiger partial charge in [0.1, 0.15) is 5.83 Å². The van der Waals surface area contributed by atoms with Gasteiger partial charge >= 0.3 is 0 Å². The van der Waals surface area contributed by atoms with E-state index in [4.69, 9.17) is 4.99 Å². The smallest absolute Gasteiger partial charge is 0.103 e. The minimum absolute atomic E-state index is 0.0157. The third-order valence-electron chi connectivity index (χ3n) is 7.26. The maximum absolute atomic E-state index is 14.1. The van der Waals surface area contributed by atoms with Gasteiger partial charge in [0.05, 0.1) is 29.3 Å². The van der Waals surface area contributed by atoms with Gasteiger partial charge < -0.3 is 15.7 Å². The Hall–Kier alpha value is -3.51. The lowest BCUT2D eigenvalue weighted by Gasteiger charge is -2.24. The number of allylic oxidation sites excluding steroid dienone is 5. The van der Waals surface area contributed by atoms with Crippen LogP contribution in [0.25, 0.3) is 5.57 Å². The number of aryl methyl sites for hydroxylation is 1. The molecule has 0 saturated heterocycles. The first-order valence-electron chi connectivity index (χ1n) is 12.3. The molecule has 1 aliphatic carbocycles. The van der Waals surface area contributed by atoms with Crippen LogP contribution in [-0.4, -0.2) is 41.8 Å². The minimum Gasteiger partial charge on any atom is -0.389 e. The summed E-state index contributed by atoms with van der Waals surface area (Å²) in [6, 6.07) is 6.74. The van der Waals surface area contributed by atoms with Crippen LogP contribution >= 0.6 is 0 Å². The number of nitrogens with one attached hydrogen (secondary N) is 2. The summed E-state index contributed by atoms with van der Waals surface area (Å²) in [6.07, 6.45) is 14.7. The van der Waals surface area contributed by atoms with Crippen molar-refractivity contribution in [3.63, 3.8) is 0 Å². The Morgan fingerprint density at radius 2 is 2.11 bits per heavy atom. The molecule has 35 heavy (non-hydrogen) atoms. The molecule has 3 unspecified atom stereocenters. The van der Waals surface area contributed by atoms with Crippen LogP contribution in [0.1, 0.15) is 36.5 Å². The van der Waals surface area contributed by atoms with Crippen molar-refractivity contribution >= 4 is 17.0 Å². The zero-order valence-corrected chi connectivity index (χ0v) is 19.8. The topological polar surface area (TPSA) is 69.0 Å². The summed E-state index contributed by atoms with van der Waals surface area (Å²) in [4.78, 5) is 9.61. The lowest BCUT2D eigenvalue weighted by atomic mass is 9.86. The number of aliphatic imine (C=N–C) groups is 2. The van der Waals surface area contributed by atoms with E-state index in [9.17, 15) is 9.50 Å². The van der Waals surface area contributed by atoms with Crippen molar-refractivity contribution in [3.05, 3.63) is 100 Å². The lowest BCUT2D eigenvalue weighted by molar-refractivity contribution is 0.212. The normalized spacial score (nSPS) is 27.4. The van der Waals surface area contributed by atoms with Crippen molar-refractivity contribution < 1.29 is 9.50 Å². The molecule has 178 valence electrons. The van der Waals surface area contributed by atoms with E-state index in [0.29, 0.717) is 5.57 Å². The van der Waals surface area contributed by atoms with E-state index in [1.807, 2.05) is 6.08 Å². The van der Waals surface area contributed by atoms with Gasteiger partial charge in [-0.1, -0.05) is 18.2 Å². The number of nitrogens with zero attached hydrogens (tertiary/aromatic N) is 2. The average molecular weight is 469 g/mol. The summed E-state index contributed by atoms with van der Waals surface area (Å²) >= 11 is 0. The van der Waals surface area contributed by atoms with E-state index in [0.717, 1.165) is 48.6 Å². The Kier molecular flexibility index (Phi) is 5.61. The van der Waals surface area contributed by atoms with Gasteiger partial charge in [-0.3, -0.25) is 9.98 Å². The number of benzene rings is 1. The maximum Gasteiger partial charge on any atom is 0.103 e. The van der Waals surface area contributed by atoms with Crippen LogP contribution in [0.3, 0.4) is 0 Å². The van der Waals surface area contributed by atoms with Gasteiger partial charge in [0.2, 0.25) is 0 Å². The summed E-state index contributed by atoms with van der Waals surface area (Å²) < 4.78 is 14.1. The summed E-state index contributed by atoms with van der Waals surface area (Å²) in [5.41, 5.74) is 9.53. The van der Waals surface area contributed by atoms with Crippen LogP contribution in [0.4, 0.5) is 4.39 Å². The van der Waals surface area contributed by atoms with Crippen LogP contribution in [-0.2, 0) is 6.42 Å². The Balaban J connectivity index is 1.37. The third kappa shape index (κ3) is 4.12. The number of halogens is 1. The molecule has 0 aromatic heterocycles. The minimum atomic E-state index is -0.822. The average Bonchev–Trinajstić information content (AvgIpc) is 3.17. The highest BCUT2D eigenvalue weighted by Crippen LogP contribution is 2.33. The van der Waals surface area contributed by atoms with E-state index in [1.165, 1.54) is 28.3 Å². The first-order chi connectivity index (χ1) is 17.1. The second kappa shape index (κ2) is 8.93. The number of dihydropyridines is 1. The lowest BCUT2D eigenvalue weighted by Crippen LogP contribution is -2.35. The number of aliphatic hydroxyl groups excluding tert-OH is 1. The van der Waals surface area contributed by atoms with Crippen LogP contribution in [0.15, 0.2) is 93.6 Å². The maximum atomic E-state index is 14.1. The number of aliphatic hydroxyl groups is 1. The molecule has 3 N–H and O–H groups in total. The highest BCUT2D eigenvalue weighted by Gasteiger charge is 2.35. The molecule has 0 amide bonds. The molecule has 1 aromatic carbocycles. The van der Waals surface area contributed by atoms with Crippen LogP contribution in [0, 0.1) is 5.92 Å². The summed E-state index contributed by atoms with van der Waals surface area (Å²) in [5, 5.41) is 17.1. The Morgan fingerprint density at radius 3 is 2.97 bits per heavy atom. The number of hydrogen-bond acceptors (Lipinski definition) is 5. The van der Waals surface area contributed by atoms with Crippen molar-refractivity contribution in [1.29, 1.82) is 0 Å². The van der Waals surface area contributed by atoms with Gasteiger partial charge in [0, 0.05) is 49.0 Å². The van der Waals surface area contributed by atoms with Gasteiger partial charge in [-0.15, -0.1) is 0 Å². The number of rotatable bonds is 3. The number of fused-ring (bicyclic) bond motifs is 2. The molecular weight excluding hydrogens is 439 g/mol. The van der Waals surface area contributed by atoms with Gasteiger partial charge in [-0.05, 0) is 72.4 Å². The van der Waals surface area contributed by atoms with Crippen molar-refractivity contribution in [2.45, 2.75) is 38.3 Å². The first kappa shape index (κ1) is 22.0. The molecule has 0 radical (unpaired) electrons. The molecular formula is C29H29FN4O. The van der Waals surface area contributed by atoms with Crippen molar-refractivity contribution in [1.82, 2.24) is 10.6 Å². The van der Waals surface area contributed by atoms with Gasteiger partial charge in [-0.25, -0.2) is 4.39 Å². The van der Waals surface area contributed by atoms with E-state index < -0.39 is 6.10 Å². The van der Waals surface area contributed by atoms with Crippen molar-refractivity contribution in [2.75, 3.05) is 13.1 Å². The predicted molar refractivity (Wildman–Crippen MR) is 139 cm³/mol. The quantitative estimate of drug-likeness (QED) is 0.620. The standard InChI is InChI=1S/C29H29FN4O/c1-17-6-9-31-16-25(17)19-5-4-18-3-2-8-32-29(23(18)13-19)27-15-24-26(34-27)7-10-33-28(24)20-11-21(30)14-22(35)12-20/h4-7,10-13,15-16,22,24,26,31,34-35H,2-3,8-9,14H2,1H3. The Morgan fingerprint density at radius 1 is 1.20 bits per heavy atom. The molecule has 1 aromatic rings. The summed E-state index contributed by atoms with van der Waals surface area (Å²) in [6.45, 7) is 3.79. The molecule has 0 fully saturated rings. The SMILES string of the molecule is CC1=CCNC=C1c1ccc2c(c1)C(C1=CC3C(C4=CC(O)CC(F)=C4)=NC=CC3N1)=NCCC2. The summed E-state index contributed by atoms with van der Waals surface area (Å²) in [7, 11) is 0. The van der Waals surface area contributed by atoms with Crippen molar-refractivity contribution in [3.8, 4) is 0 Å². The fourth-order valence-corrected chi connectivity index (χ4v) is 5.50. The molecule has 6 rings (SSSR count). The second-order valence-corrected chi connectivity index (χ2v) is 9.68. The molecule has 6 heteroatoms. The van der Waals surface area contributed by atoms with E-state index in [2.05, 4.69) is 59.1 Å². The molecule has 0 spiro atoms. The predicted octanol–water partition coefficient (Wildman–Crippen LogP) is 4.30. The van der Waals surface area contributed by atoms with Gasteiger partial charge in [-0.2, -0.15) is 0 Å². The molecule has 5 nitrogen and oxygen atoms in total. The summed E-state index contributed by atoms with van der Waals surface area (Å²) in [5.74, 6) is -0.368. The van der Waals surface area contributed by atoms with Crippen molar-refractivity contribution in [2.24, 2.45) is 15.9 Å². The molecule has 0 bridgehead atoms. The van der Waals surface area contributed by atoms with E-state index in [1.54, 1.807) is 12.3 Å². The molecule has 3 atom stereocenters. The Bertz CT molecular complexity index is 1320. The fraction of sp³-hybridized carbons (Fsp3) is 0.310. The number of hydrogen-bond donors (Lipinski definition) is 3. The Labute approximate surface area is 205 Å². The van der Waals surface area contributed by atoms with E-state index >= 15 is 0 Å². The molecule has 0 saturated carbocycles. The first-order valence-corrected chi connectivity index (χ1v) is 12.3. The zero-order chi connectivity index (χ0) is 23.9. The fourth-order valence-electron chi connectivity index (χ4n) is 5.50. The molecule has 4 aliphatic heterocycles.